The fourth-order valence-electron chi connectivity index (χ4n) is 2.23. The predicted octanol–water partition coefficient (Wildman–Crippen LogP) is 4.95. The van der Waals surface area contributed by atoms with Crippen LogP contribution in [0.1, 0.15) is 79.1 Å². The van der Waals surface area contributed by atoms with Gasteiger partial charge in [0.2, 0.25) is 0 Å². The van der Waals surface area contributed by atoms with Crippen molar-refractivity contribution in [2.45, 2.75) is 79.1 Å². The summed E-state index contributed by atoms with van der Waals surface area (Å²) in [6, 6.07) is 0. The Morgan fingerprint density at radius 2 is 1.00 bits per heavy atom. The molecule has 0 spiro atoms. The van der Waals surface area contributed by atoms with E-state index in [9.17, 15) is 9.46 Å². The first-order valence-electron chi connectivity index (χ1n) is 9.39. The smallest absolute Gasteiger partial charge is 0.344 e. The largest absolute Gasteiger partial charge is 0.472 e. The highest BCUT2D eigenvalue weighted by atomic mass is 31.2. The lowest BCUT2D eigenvalue weighted by atomic mass is 10.0. The molecule has 0 aliphatic heterocycles. The van der Waals surface area contributed by atoms with Crippen LogP contribution in [0.2, 0.25) is 0 Å². The summed E-state index contributed by atoms with van der Waals surface area (Å²) in [5.41, 5.74) is 0. The van der Waals surface area contributed by atoms with E-state index in [1.807, 2.05) is 0 Å². The van der Waals surface area contributed by atoms with Crippen LogP contribution in [0.3, 0.4) is 0 Å². The summed E-state index contributed by atoms with van der Waals surface area (Å²) < 4.78 is 31.1. The van der Waals surface area contributed by atoms with Crippen LogP contribution in [-0.2, 0) is 18.2 Å². The lowest BCUT2D eigenvalue weighted by Crippen LogP contribution is -2.12. The van der Waals surface area contributed by atoms with Crippen LogP contribution in [-0.4, -0.2) is 32.8 Å². The van der Waals surface area contributed by atoms with Crippen LogP contribution in [0.15, 0.2) is 0 Å². The number of hydrogen-bond acceptors (Lipinski definition) is 6. The van der Waals surface area contributed by atoms with Crippen molar-refractivity contribution < 1.29 is 37.8 Å². The van der Waals surface area contributed by atoms with Crippen LogP contribution in [0.5, 0.6) is 0 Å². The summed E-state index contributed by atoms with van der Waals surface area (Å²) in [6.45, 7) is 9.10. The van der Waals surface area contributed by atoms with Crippen molar-refractivity contribution in [3.63, 3.8) is 0 Å². The zero-order valence-electron chi connectivity index (χ0n) is 18.0. The molecular weight excluding hydrogens is 410 g/mol. The predicted molar refractivity (Wildman–Crippen MR) is 113 cm³/mol. The van der Waals surface area contributed by atoms with Gasteiger partial charge in [0.05, 0.1) is 13.2 Å². The number of hydrogen-bond donors (Lipinski definition) is 6. The molecule has 2 unspecified atom stereocenters. The normalized spacial score (nSPS) is 15.1. The van der Waals surface area contributed by atoms with Gasteiger partial charge in [-0.1, -0.05) is 66.2 Å². The lowest BCUT2D eigenvalue weighted by molar-refractivity contribution is 0.110. The summed E-state index contributed by atoms with van der Waals surface area (Å²) in [5.74, 6) is 0.687. The quantitative estimate of drug-likeness (QED) is 0.195. The van der Waals surface area contributed by atoms with Gasteiger partial charge < -0.3 is 31.9 Å². The van der Waals surface area contributed by atoms with Gasteiger partial charge >= 0.3 is 15.6 Å². The Kier molecular flexibility index (Phi) is 25.9. The standard InChI is InChI=1S/C16H35O4P.2H3N.H3O4P/c1-5-9-11-15(7-3)13-19-21(17,18)20-14-16(8-4)12-10-6-2;;;1-5(2,3)4/h15-16H,5-14H2,1-4H3,(H,17,18);2*1H3;(H3,1,2,3,4). The molecule has 0 radical (unpaired) electrons. The van der Waals surface area contributed by atoms with E-state index in [0.717, 1.165) is 51.4 Å². The SMILES string of the molecule is CCCCC(CC)COP(=O)(O)OCC(CC)CCCC.N.N.O=P(O)(O)O. The second-order valence-electron chi connectivity index (χ2n) is 6.41. The van der Waals surface area contributed by atoms with E-state index in [4.69, 9.17) is 28.3 Å². The van der Waals surface area contributed by atoms with Gasteiger partial charge in [0, 0.05) is 0 Å². The van der Waals surface area contributed by atoms with Crippen molar-refractivity contribution in [1.29, 1.82) is 0 Å². The summed E-state index contributed by atoms with van der Waals surface area (Å²) in [6.07, 6.45) is 8.56. The zero-order valence-corrected chi connectivity index (χ0v) is 19.7. The van der Waals surface area contributed by atoms with Crippen LogP contribution in [0.4, 0.5) is 0 Å². The molecular formula is C16H44N2O8P2. The minimum absolute atomic E-state index is 0. The summed E-state index contributed by atoms with van der Waals surface area (Å²) in [7, 11) is -8.53. The fourth-order valence-corrected chi connectivity index (χ4v) is 3.11. The van der Waals surface area contributed by atoms with Gasteiger partial charge in [-0.15, -0.1) is 0 Å². The molecule has 12 heteroatoms. The third-order valence-electron chi connectivity index (χ3n) is 4.03. The fraction of sp³-hybridized carbons (Fsp3) is 1.00. The Hall–Kier alpha value is 0.140. The van der Waals surface area contributed by atoms with E-state index >= 15 is 0 Å². The maximum Gasteiger partial charge on any atom is 0.472 e. The topological polar surface area (TPSA) is 204 Å². The van der Waals surface area contributed by atoms with Crippen LogP contribution in [0, 0.1) is 11.8 Å². The summed E-state index contributed by atoms with van der Waals surface area (Å²) >= 11 is 0. The number of rotatable bonds is 14. The Bertz CT molecular complexity index is 391. The molecule has 28 heavy (non-hydrogen) atoms. The van der Waals surface area contributed by atoms with Crippen LogP contribution >= 0.6 is 15.6 Å². The van der Waals surface area contributed by atoms with E-state index in [1.165, 1.54) is 0 Å². The monoisotopic (exact) mass is 454 g/mol. The number of unbranched alkanes of at least 4 members (excludes halogenated alkanes) is 2. The highest BCUT2D eigenvalue weighted by Gasteiger charge is 2.24. The molecule has 0 amide bonds. The first-order valence-corrected chi connectivity index (χ1v) is 12.4. The first kappa shape index (κ1) is 35.6. The summed E-state index contributed by atoms with van der Waals surface area (Å²) in [5, 5.41) is 0. The van der Waals surface area contributed by atoms with Crippen molar-refractivity contribution in [3.05, 3.63) is 0 Å². The lowest BCUT2D eigenvalue weighted by Gasteiger charge is -2.20. The maximum atomic E-state index is 11.9. The van der Waals surface area contributed by atoms with Crippen molar-refractivity contribution in [2.24, 2.45) is 11.8 Å². The molecule has 0 aliphatic rings. The van der Waals surface area contributed by atoms with Crippen molar-refractivity contribution in [1.82, 2.24) is 12.3 Å². The molecule has 0 fully saturated rings. The third kappa shape index (κ3) is 28.4. The van der Waals surface area contributed by atoms with E-state index < -0.39 is 15.6 Å². The van der Waals surface area contributed by atoms with E-state index in [2.05, 4.69) is 27.7 Å². The van der Waals surface area contributed by atoms with Crippen LogP contribution < -0.4 is 12.3 Å². The van der Waals surface area contributed by atoms with E-state index in [0.29, 0.717) is 25.0 Å². The molecule has 0 heterocycles. The molecule has 0 aromatic rings. The molecule has 176 valence electrons. The van der Waals surface area contributed by atoms with Crippen LogP contribution in [0.25, 0.3) is 0 Å². The van der Waals surface area contributed by atoms with E-state index in [1.54, 1.807) is 0 Å². The highest BCUT2D eigenvalue weighted by Crippen LogP contribution is 2.44. The molecule has 0 rings (SSSR count). The molecule has 0 aliphatic carbocycles. The zero-order chi connectivity index (χ0) is 20.6. The van der Waals surface area contributed by atoms with Crippen molar-refractivity contribution in [3.8, 4) is 0 Å². The maximum absolute atomic E-state index is 11.9. The molecule has 0 saturated heterocycles. The number of phosphoric acid groups is 2. The van der Waals surface area contributed by atoms with Crippen molar-refractivity contribution >= 4 is 15.6 Å². The summed E-state index contributed by atoms with van der Waals surface area (Å²) in [4.78, 5) is 31.3. The Morgan fingerprint density at radius 1 is 0.714 bits per heavy atom. The van der Waals surface area contributed by atoms with Gasteiger partial charge in [0.1, 0.15) is 0 Å². The minimum atomic E-state index is -4.64. The average molecular weight is 454 g/mol. The Morgan fingerprint density at radius 3 is 1.21 bits per heavy atom. The Labute approximate surface area is 170 Å². The second kappa shape index (κ2) is 20.4. The van der Waals surface area contributed by atoms with Gasteiger partial charge in [-0.3, -0.25) is 9.05 Å². The molecule has 10 N–H and O–H groups in total. The molecule has 0 aromatic heterocycles. The van der Waals surface area contributed by atoms with Crippen molar-refractivity contribution in [2.75, 3.05) is 13.2 Å². The average Bonchev–Trinajstić information content (AvgIpc) is 2.53. The van der Waals surface area contributed by atoms with Gasteiger partial charge in [-0.25, -0.2) is 9.13 Å². The third-order valence-corrected chi connectivity index (χ3v) is 4.98. The molecule has 0 bridgehead atoms. The van der Waals surface area contributed by atoms with Gasteiger partial charge in [-0.05, 0) is 24.7 Å². The van der Waals surface area contributed by atoms with Gasteiger partial charge in [0.25, 0.3) is 0 Å². The minimum Gasteiger partial charge on any atom is -0.344 e. The highest BCUT2D eigenvalue weighted by molar-refractivity contribution is 7.47. The number of phosphoric ester groups is 1. The first-order chi connectivity index (χ1) is 12.0. The Balaban J connectivity index is -0.000000364. The van der Waals surface area contributed by atoms with E-state index in [-0.39, 0.29) is 12.3 Å². The molecule has 0 aromatic carbocycles. The van der Waals surface area contributed by atoms with Gasteiger partial charge in [-0.2, -0.15) is 0 Å². The second-order valence-corrected chi connectivity index (χ2v) is 8.89. The van der Waals surface area contributed by atoms with Gasteiger partial charge in [0.15, 0.2) is 0 Å². The molecule has 2 atom stereocenters. The molecule has 10 nitrogen and oxygen atoms in total. The molecule has 0 saturated carbocycles.